The Kier molecular flexibility index (Phi) is 4.83. The average Bonchev–Trinajstić information content (AvgIpc) is 2.55. The van der Waals surface area contributed by atoms with Crippen molar-refractivity contribution in [2.45, 2.75) is 25.4 Å². The Bertz CT molecular complexity index is 514. The lowest BCUT2D eigenvalue weighted by atomic mass is 9.94. The van der Waals surface area contributed by atoms with Crippen LogP contribution >= 0.6 is 0 Å². The third kappa shape index (κ3) is 3.71. The SMILES string of the molecule is CN(CC1COc2ccccc2O1)C(=O)CC1CCNCC1. The number of para-hydroxylation sites is 2. The standard InChI is InChI=1S/C17H24N2O3/c1-19(17(20)10-13-6-8-18-9-7-13)11-14-12-21-15-4-2-3-5-16(15)22-14/h2-5,13-14,18H,6-12H2,1H3. The number of likely N-dealkylation sites (N-methyl/N-ethyl adjacent to an activating group) is 1. The Morgan fingerprint density at radius 3 is 2.77 bits per heavy atom. The summed E-state index contributed by atoms with van der Waals surface area (Å²) in [5, 5.41) is 3.33. The number of benzene rings is 1. The molecule has 120 valence electrons. The third-order valence-corrected chi connectivity index (χ3v) is 4.39. The maximum atomic E-state index is 12.3. The molecule has 1 atom stereocenters. The maximum Gasteiger partial charge on any atom is 0.222 e. The Morgan fingerprint density at radius 2 is 2.00 bits per heavy atom. The molecule has 0 aromatic heterocycles. The van der Waals surface area contributed by atoms with Gasteiger partial charge in [0.05, 0.1) is 6.54 Å². The molecule has 22 heavy (non-hydrogen) atoms. The van der Waals surface area contributed by atoms with Gasteiger partial charge in [-0.25, -0.2) is 0 Å². The van der Waals surface area contributed by atoms with Crippen LogP contribution in [-0.4, -0.2) is 50.2 Å². The summed E-state index contributed by atoms with van der Waals surface area (Å²) < 4.78 is 11.6. The lowest BCUT2D eigenvalue weighted by Crippen LogP contribution is -2.42. The number of piperidine rings is 1. The van der Waals surface area contributed by atoms with Crippen molar-refractivity contribution in [1.29, 1.82) is 0 Å². The van der Waals surface area contributed by atoms with Crippen LogP contribution in [0, 0.1) is 5.92 Å². The van der Waals surface area contributed by atoms with Gasteiger partial charge in [0, 0.05) is 13.5 Å². The number of carbonyl (C=O) groups is 1. The van der Waals surface area contributed by atoms with E-state index in [9.17, 15) is 4.79 Å². The highest BCUT2D eigenvalue weighted by Crippen LogP contribution is 2.31. The second-order valence-electron chi connectivity index (χ2n) is 6.17. The minimum atomic E-state index is -0.100. The number of nitrogens with one attached hydrogen (secondary N) is 1. The number of fused-ring (bicyclic) bond motifs is 1. The first-order valence-electron chi connectivity index (χ1n) is 8.05. The van der Waals surface area contributed by atoms with Crippen LogP contribution in [0.2, 0.25) is 0 Å². The smallest absolute Gasteiger partial charge is 0.222 e. The van der Waals surface area contributed by atoms with Crippen molar-refractivity contribution in [3.63, 3.8) is 0 Å². The molecule has 2 heterocycles. The van der Waals surface area contributed by atoms with Crippen LogP contribution in [0.25, 0.3) is 0 Å². The molecule has 3 rings (SSSR count). The molecule has 1 fully saturated rings. The molecule has 2 aliphatic heterocycles. The fourth-order valence-electron chi connectivity index (χ4n) is 3.05. The van der Waals surface area contributed by atoms with Gasteiger partial charge < -0.3 is 19.7 Å². The van der Waals surface area contributed by atoms with Gasteiger partial charge in [0.15, 0.2) is 17.6 Å². The molecule has 1 unspecified atom stereocenters. The predicted molar refractivity (Wildman–Crippen MR) is 84.2 cm³/mol. The average molecular weight is 304 g/mol. The van der Waals surface area contributed by atoms with E-state index in [2.05, 4.69) is 5.32 Å². The zero-order chi connectivity index (χ0) is 15.4. The highest BCUT2D eigenvalue weighted by Gasteiger charge is 2.25. The van der Waals surface area contributed by atoms with Crippen LogP contribution in [-0.2, 0) is 4.79 Å². The number of carbonyl (C=O) groups excluding carboxylic acids is 1. The zero-order valence-electron chi connectivity index (χ0n) is 13.1. The fraction of sp³-hybridized carbons (Fsp3) is 0.588. The summed E-state index contributed by atoms with van der Waals surface area (Å²) in [4.78, 5) is 14.1. The van der Waals surface area contributed by atoms with E-state index in [1.807, 2.05) is 31.3 Å². The summed E-state index contributed by atoms with van der Waals surface area (Å²) >= 11 is 0. The maximum absolute atomic E-state index is 12.3. The predicted octanol–water partition coefficient (Wildman–Crippen LogP) is 1.67. The zero-order valence-corrected chi connectivity index (χ0v) is 13.1. The van der Waals surface area contributed by atoms with Crippen LogP contribution in [0.4, 0.5) is 0 Å². The summed E-state index contributed by atoms with van der Waals surface area (Å²) in [6.07, 6.45) is 2.73. The van der Waals surface area contributed by atoms with E-state index in [4.69, 9.17) is 9.47 Å². The summed E-state index contributed by atoms with van der Waals surface area (Å²) in [7, 11) is 1.85. The number of rotatable bonds is 4. The van der Waals surface area contributed by atoms with E-state index in [-0.39, 0.29) is 12.0 Å². The molecule has 1 saturated heterocycles. The number of ether oxygens (including phenoxy) is 2. The van der Waals surface area contributed by atoms with Gasteiger partial charge in [0.25, 0.3) is 0 Å². The molecular formula is C17H24N2O3. The highest BCUT2D eigenvalue weighted by atomic mass is 16.6. The molecule has 5 heteroatoms. The number of hydrogen-bond donors (Lipinski definition) is 1. The van der Waals surface area contributed by atoms with Gasteiger partial charge in [-0.05, 0) is 44.0 Å². The molecule has 0 radical (unpaired) electrons. The molecule has 0 bridgehead atoms. The monoisotopic (exact) mass is 304 g/mol. The van der Waals surface area contributed by atoms with Crippen LogP contribution in [0.5, 0.6) is 11.5 Å². The Balaban J connectivity index is 1.49. The Morgan fingerprint density at radius 1 is 1.27 bits per heavy atom. The van der Waals surface area contributed by atoms with Crippen molar-refractivity contribution in [3.8, 4) is 11.5 Å². The van der Waals surface area contributed by atoms with Crippen LogP contribution in [0.15, 0.2) is 24.3 Å². The number of hydrogen-bond acceptors (Lipinski definition) is 4. The van der Waals surface area contributed by atoms with Gasteiger partial charge in [0.1, 0.15) is 6.61 Å². The molecule has 0 aliphatic carbocycles. The molecule has 1 N–H and O–H groups in total. The van der Waals surface area contributed by atoms with Crippen molar-refractivity contribution >= 4 is 5.91 Å². The minimum absolute atomic E-state index is 0.100. The van der Waals surface area contributed by atoms with Gasteiger partial charge >= 0.3 is 0 Å². The van der Waals surface area contributed by atoms with Crippen molar-refractivity contribution < 1.29 is 14.3 Å². The van der Waals surface area contributed by atoms with Gasteiger partial charge in [-0.3, -0.25) is 4.79 Å². The lowest BCUT2D eigenvalue weighted by Gasteiger charge is -2.30. The minimum Gasteiger partial charge on any atom is -0.486 e. The summed E-state index contributed by atoms with van der Waals surface area (Å²) in [6, 6.07) is 7.66. The van der Waals surface area contributed by atoms with Crippen LogP contribution in [0.1, 0.15) is 19.3 Å². The third-order valence-electron chi connectivity index (χ3n) is 4.39. The van der Waals surface area contributed by atoms with Gasteiger partial charge in [0.2, 0.25) is 5.91 Å². The largest absolute Gasteiger partial charge is 0.486 e. The van der Waals surface area contributed by atoms with Crippen LogP contribution < -0.4 is 14.8 Å². The molecule has 1 aromatic carbocycles. The Hall–Kier alpha value is -1.75. The van der Waals surface area contributed by atoms with Gasteiger partial charge in [-0.15, -0.1) is 0 Å². The highest BCUT2D eigenvalue weighted by molar-refractivity contribution is 5.76. The Labute approximate surface area is 131 Å². The first-order valence-corrected chi connectivity index (χ1v) is 8.05. The normalized spacial score (nSPS) is 21.4. The quantitative estimate of drug-likeness (QED) is 0.919. The van der Waals surface area contributed by atoms with E-state index in [0.717, 1.165) is 37.4 Å². The molecular weight excluding hydrogens is 280 g/mol. The molecule has 2 aliphatic rings. The van der Waals surface area contributed by atoms with Crippen molar-refractivity contribution in [3.05, 3.63) is 24.3 Å². The summed E-state index contributed by atoms with van der Waals surface area (Å²) in [5.41, 5.74) is 0. The van der Waals surface area contributed by atoms with E-state index >= 15 is 0 Å². The van der Waals surface area contributed by atoms with E-state index in [1.165, 1.54) is 0 Å². The molecule has 5 nitrogen and oxygen atoms in total. The van der Waals surface area contributed by atoms with Crippen molar-refractivity contribution in [2.75, 3.05) is 33.3 Å². The molecule has 1 aromatic rings. The summed E-state index contributed by atoms with van der Waals surface area (Å²) in [6.45, 7) is 3.11. The lowest BCUT2D eigenvalue weighted by molar-refractivity contribution is -0.132. The van der Waals surface area contributed by atoms with Crippen molar-refractivity contribution in [2.24, 2.45) is 5.92 Å². The second-order valence-corrected chi connectivity index (χ2v) is 6.17. The number of amides is 1. The molecule has 0 saturated carbocycles. The molecule has 1 amide bonds. The fourth-order valence-corrected chi connectivity index (χ4v) is 3.05. The van der Waals surface area contributed by atoms with Crippen molar-refractivity contribution in [1.82, 2.24) is 10.2 Å². The number of nitrogens with zero attached hydrogens (tertiary/aromatic N) is 1. The first-order chi connectivity index (χ1) is 10.7. The molecule has 0 spiro atoms. The van der Waals surface area contributed by atoms with Gasteiger partial charge in [-0.1, -0.05) is 12.1 Å². The van der Waals surface area contributed by atoms with Crippen LogP contribution in [0.3, 0.4) is 0 Å². The second kappa shape index (κ2) is 7.01. The summed E-state index contributed by atoms with van der Waals surface area (Å²) in [5.74, 6) is 2.26. The topological polar surface area (TPSA) is 50.8 Å². The van der Waals surface area contributed by atoms with Gasteiger partial charge in [-0.2, -0.15) is 0 Å². The first kappa shape index (κ1) is 15.2. The van der Waals surface area contributed by atoms with E-state index in [0.29, 0.717) is 25.5 Å². The van der Waals surface area contributed by atoms with E-state index < -0.39 is 0 Å². The van der Waals surface area contributed by atoms with E-state index in [1.54, 1.807) is 4.90 Å².